The van der Waals surface area contributed by atoms with Gasteiger partial charge in [-0.2, -0.15) is 5.10 Å². The number of nitrogens with zero attached hydrogens (tertiary/aromatic N) is 4. The van der Waals surface area contributed by atoms with Crippen molar-refractivity contribution in [2.24, 2.45) is 7.05 Å². The van der Waals surface area contributed by atoms with Crippen LogP contribution in [-0.4, -0.2) is 25.4 Å². The molecule has 6 heteroatoms. The van der Waals surface area contributed by atoms with Crippen LogP contribution in [-0.2, 0) is 13.6 Å². The zero-order valence-electron chi connectivity index (χ0n) is 14.0. The minimum Gasteiger partial charge on any atom is -0.508 e. The van der Waals surface area contributed by atoms with Gasteiger partial charge in [0.2, 0.25) is 0 Å². The molecule has 0 atom stereocenters. The molecule has 0 aliphatic rings. The Labute approximate surface area is 140 Å². The van der Waals surface area contributed by atoms with E-state index in [2.05, 4.69) is 5.10 Å². The quantitative estimate of drug-likeness (QED) is 0.801. The maximum atomic E-state index is 13.2. The molecule has 0 aliphatic heterocycles. The lowest BCUT2D eigenvalue weighted by molar-refractivity contribution is 0.0998. The van der Waals surface area contributed by atoms with E-state index in [1.165, 1.54) is 0 Å². The van der Waals surface area contributed by atoms with Crippen LogP contribution in [0.25, 0.3) is 0 Å². The van der Waals surface area contributed by atoms with Gasteiger partial charge in [-0.1, -0.05) is 0 Å². The van der Waals surface area contributed by atoms with Crippen LogP contribution in [0.4, 0.5) is 11.4 Å². The number of anilines is 2. The van der Waals surface area contributed by atoms with Crippen LogP contribution in [0.3, 0.4) is 0 Å². The molecule has 0 aliphatic carbocycles. The fraction of sp³-hybridized carbons (Fsp3) is 0.222. The molecular weight excluding hydrogens is 304 g/mol. The van der Waals surface area contributed by atoms with Gasteiger partial charge in [0, 0.05) is 37.4 Å². The number of rotatable bonds is 4. The molecule has 3 aromatic rings. The summed E-state index contributed by atoms with van der Waals surface area (Å²) in [6, 6.07) is 8.40. The predicted molar refractivity (Wildman–Crippen MR) is 92.6 cm³/mol. The van der Waals surface area contributed by atoms with Crippen LogP contribution in [0.2, 0.25) is 0 Å². The molecule has 0 unspecified atom stereocenters. The molecule has 3 rings (SSSR count). The summed E-state index contributed by atoms with van der Waals surface area (Å²) in [6.07, 6.45) is 5.36. The van der Waals surface area contributed by atoms with E-state index in [0.29, 0.717) is 16.9 Å². The lowest BCUT2D eigenvalue weighted by atomic mass is 10.2. The number of carbonyl (C=O) groups excluding carboxylic acids is 1. The molecule has 0 bridgehead atoms. The van der Waals surface area contributed by atoms with Crippen LogP contribution < -0.4 is 4.90 Å². The summed E-state index contributed by atoms with van der Waals surface area (Å²) in [5, 5.41) is 13.7. The summed E-state index contributed by atoms with van der Waals surface area (Å²) in [5.41, 5.74) is 2.93. The molecule has 1 aromatic carbocycles. The predicted octanol–water partition coefficient (Wildman–Crippen LogP) is 3.23. The highest BCUT2D eigenvalue weighted by Crippen LogP contribution is 2.29. The molecule has 0 spiro atoms. The number of carbonyl (C=O) groups is 1. The number of benzene rings is 1. The van der Waals surface area contributed by atoms with Crippen LogP contribution in [0.15, 0.2) is 48.9 Å². The van der Waals surface area contributed by atoms with E-state index in [0.717, 1.165) is 12.2 Å². The van der Waals surface area contributed by atoms with Crippen molar-refractivity contribution in [2.75, 3.05) is 4.90 Å². The summed E-state index contributed by atoms with van der Waals surface area (Å²) in [4.78, 5) is 14.8. The van der Waals surface area contributed by atoms with Gasteiger partial charge in [-0.15, -0.1) is 0 Å². The van der Waals surface area contributed by atoms with Crippen LogP contribution in [0.1, 0.15) is 23.0 Å². The summed E-state index contributed by atoms with van der Waals surface area (Å²) in [5.74, 6) is 0.0315. The van der Waals surface area contributed by atoms with Crippen molar-refractivity contribution in [1.29, 1.82) is 0 Å². The topological polar surface area (TPSA) is 63.3 Å². The highest BCUT2D eigenvalue weighted by atomic mass is 16.3. The summed E-state index contributed by atoms with van der Waals surface area (Å²) in [7, 11) is 1.81. The molecule has 124 valence electrons. The lowest BCUT2D eigenvalue weighted by Crippen LogP contribution is -2.26. The van der Waals surface area contributed by atoms with Gasteiger partial charge in [-0.3, -0.25) is 14.4 Å². The molecular formula is C18H20N4O2. The monoisotopic (exact) mass is 324 g/mol. The SMILES string of the molecule is CCn1ccc(C(=O)N(c2ccc(O)cc2)c2cnn(C)c2)c1C. The van der Waals surface area contributed by atoms with Gasteiger partial charge in [0.05, 0.1) is 17.4 Å². The third-order valence-corrected chi connectivity index (χ3v) is 4.07. The highest BCUT2D eigenvalue weighted by Gasteiger charge is 2.23. The lowest BCUT2D eigenvalue weighted by Gasteiger charge is -2.21. The summed E-state index contributed by atoms with van der Waals surface area (Å²) in [6.45, 7) is 4.79. The fourth-order valence-corrected chi connectivity index (χ4v) is 2.75. The Bertz CT molecular complexity index is 862. The maximum absolute atomic E-state index is 13.2. The molecule has 2 aromatic heterocycles. The number of phenolic OH excluding ortho intramolecular Hbond substituents is 1. The first-order chi connectivity index (χ1) is 11.5. The van der Waals surface area contributed by atoms with Gasteiger partial charge in [0.25, 0.3) is 5.91 Å². The molecule has 0 saturated carbocycles. The maximum Gasteiger partial charge on any atom is 0.264 e. The Morgan fingerprint density at radius 1 is 1.21 bits per heavy atom. The first-order valence-electron chi connectivity index (χ1n) is 7.79. The number of aromatic nitrogens is 3. The second-order valence-corrected chi connectivity index (χ2v) is 5.63. The third kappa shape index (κ3) is 2.78. The smallest absolute Gasteiger partial charge is 0.264 e. The molecule has 2 heterocycles. The van der Waals surface area contributed by atoms with Crippen LogP contribution in [0.5, 0.6) is 5.75 Å². The van der Waals surface area contributed by atoms with Gasteiger partial charge in [0.15, 0.2) is 0 Å². The number of aromatic hydroxyl groups is 1. The first kappa shape index (κ1) is 15.9. The van der Waals surface area contributed by atoms with Crippen molar-refractivity contribution in [3.8, 4) is 5.75 Å². The number of hydrogen-bond donors (Lipinski definition) is 1. The van der Waals surface area contributed by atoms with Gasteiger partial charge >= 0.3 is 0 Å². The van der Waals surface area contributed by atoms with Crippen molar-refractivity contribution < 1.29 is 9.90 Å². The van der Waals surface area contributed by atoms with E-state index in [1.807, 2.05) is 37.7 Å². The van der Waals surface area contributed by atoms with Crippen LogP contribution in [0, 0.1) is 6.92 Å². The second-order valence-electron chi connectivity index (χ2n) is 5.63. The van der Waals surface area contributed by atoms with Gasteiger partial charge in [-0.25, -0.2) is 0 Å². The standard InChI is InChI=1S/C18H20N4O2/c1-4-21-10-9-17(13(21)2)18(24)22(15-11-19-20(3)12-15)14-5-7-16(23)8-6-14/h5-12,23H,4H2,1-3H3. The summed E-state index contributed by atoms with van der Waals surface area (Å²) >= 11 is 0. The molecule has 0 saturated heterocycles. The van der Waals surface area contributed by atoms with Gasteiger partial charge in [-0.05, 0) is 44.2 Å². The Morgan fingerprint density at radius 3 is 2.46 bits per heavy atom. The Morgan fingerprint density at radius 2 is 1.92 bits per heavy atom. The van der Waals surface area contributed by atoms with Crippen molar-refractivity contribution >= 4 is 17.3 Å². The van der Waals surface area contributed by atoms with E-state index in [4.69, 9.17) is 0 Å². The van der Waals surface area contributed by atoms with Crippen LogP contribution >= 0.6 is 0 Å². The van der Waals surface area contributed by atoms with Crippen molar-refractivity contribution in [3.63, 3.8) is 0 Å². The van der Waals surface area contributed by atoms with E-state index in [1.54, 1.807) is 46.2 Å². The van der Waals surface area contributed by atoms with Gasteiger partial charge in [0.1, 0.15) is 5.75 Å². The van der Waals surface area contributed by atoms with Crippen molar-refractivity contribution in [3.05, 3.63) is 60.2 Å². The average molecular weight is 324 g/mol. The molecule has 24 heavy (non-hydrogen) atoms. The minimum absolute atomic E-state index is 0.126. The Hall–Kier alpha value is -3.02. The summed E-state index contributed by atoms with van der Waals surface area (Å²) < 4.78 is 3.69. The minimum atomic E-state index is -0.126. The highest BCUT2D eigenvalue weighted by molar-refractivity contribution is 6.11. The Balaban J connectivity index is 2.08. The largest absolute Gasteiger partial charge is 0.508 e. The number of hydrogen-bond acceptors (Lipinski definition) is 3. The molecule has 0 fully saturated rings. The average Bonchev–Trinajstić information content (AvgIpc) is 3.15. The number of aryl methyl sites for hydroxylation is 2. The molecule has 1 amide bonds. The zero-order valence-corrected chi connectivity index (χ0v) is 14.0. The number of amides is 1. The normalized spacial score (nSPS) is 10.8. The second kappa shape index (κ2) is 6.23. The van der Waals surface area contributed by atoms with Gasteiger partial charge < -0.3 is 9.67 Å². The third-order valence-electron chi connectivity index (χ3n) is 4.07. The van der Waals surface area contributed by atoms with Crippen molar-refractivity contribution in [1.82, 2.24) is 14.3 Å². The van der Waals surface area contributed by atoms with E-state index in [9.17, 15) is 9.90 Å². The van der Waals surface area contributed by atoms with Crippen molar-refractivity contribution in [2.45, 2.75) is 20.4 Å². The fourth-order valence-electron chi connectivity index (χ4n) is 2.75. The van der Waals surface area contributed by atoms with E-state index >= 15 is 0 Å². The Kier molecular flexibility index (Phi) is 4.12. The van der Waals surface area contributed by atoms with E-state index in [-0.39, 0.29) is 11.7 Å². The molecule has 1 N–H and O–H groups in total. The zero-order chi connectivity index (χ0) is 17.3. The molecule has 6 nitrogen and oxygen atoms in total. The van der Waals surface area contributed by atoms with E-state index < -0.39 is 0 Å². The first-order valence-corrected chi connectivity index (χ1v) is 7.79. The molecule has 0 radical (unpaired) electrons. The number of phenols is 1.